The van der Waals surface area contributed by atoms with Gasteiger partial charge in [-0.15, -0.1) is 0 Å². The maximum Gasteiger partial charge on any atom is 0.341 e. The molecule has 3 rings (SSSR count). The first-order valence-electron chi connectivity index (χ1n) is 6.17. The molecule has 6 heteroatoms. The molecule has 3 aromatic rings. The summed E-state index contributed by atoms with van der Waals surface area (Å²) in [7, 11) is 0. The Morgan fingerprint density at radius 1 is 1.24 bits per heavy atom. The number of phenolic OH excluding ortho intramolecular Hbond substituents is 1. The number of carboxylic acid groups (broad SMARTS) is 1. The fourth-order valence-electron chi connectivity index (χ4n) is 1.91. The monoisotopic (exact) mass is 285 g/mol. The summed E-state index contributed by atoms with van der Waals surface area (Å²) in [5.41, 5.74) is 1.73. The van der Waals surface area contributed by atoms with Crippen LogP contribution in [-0.4, -0.2) is 27.8 Å². The Labute approximate surface area is 119 Å². The van der Waals surface area contributed by atoms with Gasteiger partial charge in [-0.2, -0.15) is 0 Å². The van der Waals surface area contributed by atoms with Crippen LogP contribution in [0, 0.1) is 0 Å². The van der Waals surface area contributed by atoms with Crippen molar-refractivity contribution in [1.29, 1.82) is 0 Å². The number of carboxylic acids is 1. The van der Waals surface area contributed by atoms with Gasteiger partial charge in [-0.1, -0.05) is 12.1 Å². The number of para-hydroxylation sites is 2. The molecule has 0 saturated heterocycles. The Bertz CT molecular complexity index is 776. The Morgan fingerprint density at radius 3 is 2.76 bits per heavy atom. The third-order valence-corrected chi connectivity index (χ3v) is 2.86. The fraction of sp³-hybridized carbons (Fsp3) is 0.0667. The summed E-state index contributed by atoms with van der Waals surface area (Å²) in [6, 6.07) is 11.7. The molecule has 2 N–H and O–H groups in total. The van der Waals surface area contributed by atoms with Gasteiger partial charge in [-0.05, 0) is 24.3 Å². The van der Waals surface area contributed by atoms with E-state index in [9.17, 15) is 9.90 Å². The van der Waals surface area contributed by atoms with E-state index >= 15 is 0 Å². The fourth-order valence-corrected chi connectivity index (χ4v) is 1.91. The normalized spacial score (nSPS) is 10.7. The standard InChI is InChI=1S/C15H11NO5/c17-12-7-9(20-8-14(18)19)5-6-10(12)15-16-11-3-1-2-4-13(11)21-15/h1-7,17H,8H2,(H,18,19). The van der Waals surface area contributed by atoms with E-state index in [0.717, 1.165) is 0 Å². The number of ether oxygens (including phenoxy) is 1. The van der Waals surface area contributed by atoms with Crippen molar-refractivity contribution in [2.75, 3.05) is 6.61 Å². The van der Waals surface area contributed by atoms with Gasteiger partial charge in [0, 0.05) is 6.07 Å². The lowest BCUT2D eigenvalue weighted by molar-refractivity contribution is -0.139. The molecule has 0 atom stereocenters. The number of nitrogens with zero attached hydrogens (tertiary/aromatic N) is 1. The first kappa shape index (κ1) is 13.0. The highest BCUT2D eigenvalue weighted by atomic mass is 16.5. The first-order valence-corrected chi connectivity index (χ1v) is 6.17. The van der Waals surface area contributed by atoms with Crippen LogP contribution in [0.2, 0.25) is 0 Å². The topological polar surface area (TPSA) is 92.8 Å². The summed E-state index contributed by atoms with van der Waals surface area (Å²) < 4.78 is 10.6. The Morgan fingerprint density at radius 2 is 2.05 bits per heavy atom. The summed E-state index contributed by atoms with van der Waals surface area (Å²) in [6.07, 6.45) is 0. The lowest BCUT2D eigenvalue weighted by atomic mass is 10.2. The molecule has 106 valence electrons. The number of oxazole rings is 1. The average Bonchev–Trinajstić information content (AvgIpc) is 2.88. The highest BCUT2D eigenvalue weighted by molar-refractivity contribution is 5.77. The molecule has 21 heavy (non-hydrogen) atoms. The molecule has 0 aliphatic carbocycles. The molecule has 6 nitrogen and oxygen atoms in total. The van der Waals surface area contributed by atoms with Crippen molar-refractivity contribution < 1.29 is 24.2 Å². The van der Waals surface area contributed by atoms with Crippen molar-refractivity contribution in [3.63, 3.8) is 0 Å². The number of hydrogen-bond acceptors (Lipinski definition) is 5. The second-order valence-electron chi connectivity index (χ2n) is 4.35. The second kappa shape index (κ2) is 5.16. The summed E-state index contributed by atoms with van der Waals surface area (Å²) in [6.45, 7) is -0.471. The van der Waals surface area contributed by atoms with Gasteiger partial charge < -0.3 is 19.4 Å². The average molecular weight is 285 g/mol. The van der Waals surface area contributed by atoms with Crippen molar-refractivity contribution in [3.8, 4) is 23.0 Å². The Hall–Kier alpha value is -3.02. The molecule has 0 aliphatic heterocycles. The van der Waals surface area contributed by atoms with E-state index in [-0.39, 0.29) is 11.5 Å². The zero-order valence-corrected chi connectivity index (χ0v) is 10.8. The van der Waals surface area contributed by atoms with Crippen molar-refractivity contribution in [3.05, 3.63) is 42.5 Å². The van der Waals surface area contributed by atoms with E-state index in [2.05, 4.69) is 4.98 Å². The molecule has 0 amide bonds. The van der Waals surface area contributed by atoms with Crippen LogP contribution in [-0.2, 0) is 4.79 Å². The number of aromatic hydroxyl groups is 1. The summed E-state index contributed by atoms with van der Waals surface area (Å²) in [4.78, 5) is 14.7. The van der Waals surface area contributed by atoms with Gasteiger partial charge in [0.2, 0.25) is 5.89 Å². The van der Waals surface area contributed by atoms with Crippen LogP contribution in [0.5, 0.6) is 11.5 Å². The van der Waals surface area contributed by atoms with Crippen LogP contribution < -0.4 is 4.74 Å². The minimum atomic E-state index is -1.09. The zero-order chi connectivity index (χ0) is 14.8. The quantitative estimate of drug-likeness (QED) is 0.765. The number of aliphatic carboxylic acids is 1. The van der Waals surface area contributed by atoms with E-state index in [1.54, 1.807) is 18.2 Å². The number of rotatable bonds is 4. The van der Waals surface area contributed by atoms with Gasteiger partial charge in [0.25, 0.3) is 0 Å². The van der Waals surface area contributed by atoms with Crippen LogP contribution in [0.25, 0.3) is 22.6 Å². The highest BCUT2D eigenvalue weighted by Crippen LogP contribution is 2.33. The minimum Gasteiger partial charge on any atom is -0.507 e. The van der Waals surface area contributed by atoms with Gasteiger partial charge in [-0.25, -0.2) is 9.78 Å². The minimum absolute atomic E-state index is 0.0931. The van der Waals surface area contributed by atoms with Gasteiger partial charge >= 0.3 is 5.97 Å². The summed E-state index contributed by atoms with van der Waals surface area (Å²) >= 11 is 0. The second-order valence-corrected chi connectivity index (χ2v) is 4.35. The number of fused-ring (bicyclic) bond motifs is 1. The molecule has 0 bridgehead atoms. The lowest BCUT2D eigenvalue weighted by Gasteiger charge is -2.05. The maximum absolute atomic E-state index is 10.4. The van der Waals surface area contributed by atoms with Crippen molar-refractivity contribution >= 4 is 17.1 Å². The molecule has 2 aromatic carbocycles. The summed E-state index contributed by atoms with van der Waals surface area (Å²) in [5.74, 6) is -0.629. The largest absolute Gasteiger partial charge is 0.507 e. The summed E-state index contributed by atoms with van der Waals surface area (Å²) in [5, 5.41) is 18.6. The van der Waals surface area contributed by atoms with Gasteiger partial charge in [0.05, 0.1) is 5.56 Å². The first-order chi connectivity index (χ1) is 10.1. The van der Waals surface area contributed by atoms with Crippen LogP contribution in [0.15, 0.2) is 46.9 Å². The smallest absolute Gasteiger partial charge is 0.341 e. The number of aromatic nitrogens is 1. The Balaban J connectivity index is 1.93. The van der Waals surface area contributed by atoms with Crippen molar-refractivity contribution in [2.24, 2.45) is 0 Å². The number of carbonyl (C=O) groups is 1. The molecule has 0 saturated carbocycles. The van der Waals surface area contributed by atoms with E-state index in [1.165, 1.54) is 6.07 Å². The van der Waals surface area contributed by atoms with Crippen LogP contribution >= 0.6 is 0 Å². The molecule has 1 heterocycles. The van der Waals surface area contributed by atoms with E-state index in [1.807, 2.05) is 18.2 Å². The molecule has 0 unspecified atom stereocenters. The van der Waals surface area contributed by atoms with Gasteiger partial charge in [0.1, 0.15) is 17.0 Å². The van der Waals surface area contributed by atoms with Crippen molar-refractivity contribution in [1.82, 2.24) is 4.98 Å². The number of benzene rings is 2. The van der Waals surface area contributed by atoms with Gasteiger partial charge in [0.15, 0.2) is 12.2 Å². The molecular weight excluding hydrogens is 274 g/mol. The molecule has 0 spiro atoms. The van der Waals surface area contributed by atoms with Crippen LogP contribution in [0.1, 0.15) is 0 Å². The zero-order valence-electron chi connectivity index (χ0n) is 10.8. The van der Waals surface area contributed by atoms with Crippen LogP contribution in [0.3, 0.4) is 0 Å². The van der Waals surface area contributed by atoms with Gasteiger partial charge in [-0.3, -0.25) is 0 Å². The van der Waals surface area contributed by atoms with Crippen molar-refractivity contribution in [2.45, 2.75) is 0 Å². The predicted molar refractivity (Wildman–Crippen MR) is 74.2 cm³/mol. The molecule has 0 aliphatic rings. The lowest BCUT2D eigenvalue weighted by Crippen LogP contribution is -2.09. The predicted octanol–water partition coefficient (Wildman–Crippen LogP) is 2.66. The number of phenols is 1. The van der Waals surface area contributed by atoms with E-state index in [0.29, 0.717) is 22.6 Å². The third-order valence-electron chi connectivity index (χ3n) is 2.86. The van der Waals surface area contributed by atoms with Crippen LogP contribution in [0.4, 0.5) is 0 Å². The number of hydrogen-bond donors (Lipinski definition) is 2. The highest BCUT2D eigenvalue weighted by Gasteiger charge is 2.13. The maximum atomic E-state index is 10.4. The molecule has 0 radical (unpaired) electrons. The van der Waals surface area contributed by atoms with E-state index in [4.69, 9.17) is 14.3 Å². The van der Waals surface area contributed by atoms with E-state index < -0.39 is 12.6 Å². The SMILES string of the molecule is O=C(O)COc1ccc(-c2nc3ccccc3o2)c(O)c1. The molecular formula is C15H11NO5. The third kappa shape index (κ3) is 2.64. The molecule has 1 aromatic heterocycles. The Kier molecular flexibility index (Phi) is 3.19. The molecule has 0 fully saturated rings.